The first kappa shape index (κ1) is 10.4. The second-order valence-electron chi connectivity index (χ2n) is 2.69. The third-order valence-corrected chi connectivity index (χ3v) is 1.63. The summed E-state index contributed by atoms with van der Waals surface area (Å²) in [7, 11) is 4.94. The molecular formula is C7H15NO3. The van der Waals surface area contributed by atoms with Gasteiger partial charge in [-0.25, -0.2) is 0 Å². The fourth-order valence-electron chi connectivity index (χ4n) is 0.970. The van der Waals surface area contributed by atoms with Crippen molar-refractivity contribution in [1.82, 2.24) is 4.90 Å². The van der Waals surface area contributed by atoms with Crippen LogP contribution in [0, 0.1) is 0 Å². The van der Waals surface area contributed by atoms with Crippen molar-refractivity contribution < 1.29 is 14.6 Å². The van der Waals surface area contributed by atoms with Crippen LogP contribution in [0.3, 0.4) is 0 Å². The van der Waals surface area contributed by atoms with Crippen LogP contribution in [0.2, 0.25) is 0 Å². The first-order valence-corrected chi connectivity index (χ1v) is 3.42. The van der Waals surface area contributed by atoms with Crippen LogP contribution in [-0.2, 0) is 9.53 Å². The molecule has 11 heavy (non-hydrogen) atoms. The number of methoxy groups -OCH3 is 1. The summed E-state index contributed by atoms with van der Waals surface area (Å²) in [6.07, 6.45) is -0.289. The highest BCUT2D eigenvalue weighted by Gasteiger charge is 2.26. The molecule has 0 aromatic rings. The normalized spacial score (nSPS) is 16.5. The van der Waals surface area contributed by atoms with Crippen molar-refractivity contribution in [3.05, 3.63) is 0 Å². The van der Waals surface area contributed by atoms with E-state index in [2.05, 4.69) is 0 Å². The maximum absolute atomic E-state index is 10.6. The zero-order chi connectivity index (χ0) is 9.02. The fraction of sp³-hybridized carbons (Fsp3) is 0.857. The second-order valence-corrected chi connectivity index (χ2v) is 2.69. The number of carboxylic acids is 1. The molecule has 0 radical (unpaired) electrons. The lowest BCUT2D eigenvalue weighted by Gasteiger charge is -2.24. The van der Waals surface area contributed by atoms with E-state index >= 15 is 0 Å². The summed E-state index contributed by atoms with van der Waals surface area (Å²) < 4.78 is 4.91. The van der Waals surface area contributed by atoms with Gasteiger partial charge in [-0.3, -0.25) is 9.69 Å². The zero-order valence-corrected chi connectivity index (χ0v) is 7.37. The summed E-state index contributed by atoms with van der Waals surface area (Å²) >= 11 is 0. The van der Waals surface area contributed by atoms with Gasteiger partial charge >= 0.3 is 5.97 Å². The Morgan fingerprint density at radius 3 is 2.09 bits per heavy atom. The van der Waals surface area contributed by atoms with Gasteiger partial charge < -0.3 is 9.84 Å². The fourth-order valence-corrected chi connectivity index (χ4v) is 0.970. The molecule has 0 aromatic carbocycles. The molecule has 0 bridgehead atoms. The van der Waals surface area contributed by atoms with Crippen molar-refractivity contribution in [3.8, 4) is 0 Å². The molecule has 0 amide bonds. The summed E-state index contributed by atoms with van der Waals surface area (Å²) in [5.74, 6) is -0.857. The Balaban J connectivity index is 4.21. The summed E-state index contributed by atoms with van der Waals surface area (Å²) in [5.41, 5.74) is 0. The molecular weight excluding hydrogens is 146 g/mol. The van der Waals surface area contributed by atoms with E-state index in [4.69, 9.17) is 9.84 Å². The Labute approximate surface area is 66.8 Å². The molecule has 0 aliphatic carbocycles. The summed E-state index contributed by atoms with van der Waals surface area (Å²) in [5, 5.41) is 8.72. The van der Waals surface area contributed by atoms with Gasteiger partial charge in [0.05, 0.1) is 6.10 Å². The van der Waals surface area contributed by atoms with Crippen LogP contribution in [-0.4, -0.2) is 49.3 Å². The van der Waals surface area contributed by atoms with Crippen molar-refractivity contribution in [1.29, 1.82) is 0 Å². The molecule has 0 aliphatic rings. The quantitative estimate of drug-likeness (QED) is 0.632. The lowest BCUT2D eigenvalue weighted by molar-refractivity contribution is -0.146. The van der Waals surface area contributed by atoms with E-state index in [0.29, 0.717) is 0 Å². The van der Waals surface area contributed by atoms with E-state index in [0.717, 1.165) is 0 Å². The largest absolute Gasteiger partial charge is 0.480 e. The molecule has 2 atom stereocenters. The molecule has 0 heterocycles. The van der Waals surface area contributed by atoms with Crippen molar-refractivity contribution in [3.63, 3.8) is 0 Å². The lowest BCUT2D eigenvalue weighted by atomic mass is 10.2. The number of ether oxygens (including phenoxy) is 1. The smallest absolute Gasteiger partial charge is 0.323 e. The van der Waals surface area contributed by atoms with E-state index in [-0.39, 0.29) is 6.10 Å². The highest BCUT2D eigenvalue weighted by atomic mass is 16.5. The van der Waals surface area contributed by atoms with Gasteiger partial charge in [0.1, 0.15) is 6.04 Å². The number of aliphatic carboxylic acids is 1. The van der Waals surface area contributed by atoms with E-state index in [1.54, 1.807) is 25.9 Å². The summed E-state index contributed by atoms with van der Waals surface area (Å²) in [4.78, 5) is 12.2. The molecule has 0 saturated carbocycles. The van der Waals surface area contributed by atoms with Gasteiger partial charge in [0.25, 0.3) is 0 Å². The van der Waals surface area contributed by atoms with Gasteiger partial charge in [0, 0.05) is 7.11 Å². The topological polar surface area (TPSA) is 49.8 Å². The molecule has 0 spiro atoms. The Morgan fingerprint density at radius 2 is 2.00 bits per heavy atom. The van der Waals surface area contributed by atoms with E-state index < -0.39 is 12.0 Å². The van der Waals surface area contributed by atoms with Gasteiger partial charge in [-0.2, -0.15) is 0 Å². The number of hydrogen-bond donors (Lipinski definition) is 1. The van der Waals surface area contributed by atoms with Gasteiger partial charge in [-0.05, 0) is 21.0 Å². The minimum absolute atomic E-state index is 0.289. The predicted molar refractivity (Wildman–Crippen MR) is 41.6 cm³/mol. The van der Waals surface area contributed by atoms with Crippen LogP contribution < -0.4 is 0 Å². The average molecular weight is 161 g/mol. The number of hydrogen-bond acceptors (Lipinski definition) is 3. The van der Waals surface area contributed by atoms with Crippen LogP contribution in [0.4, 0.5) is 0 Å². The summed E-state index contributed by atoms with van der Waals surface area (Å²) in [6, 6.07) is -0.569. The standard InChI is InChI=1S/C7H15NO3/c1-5(11-4)6(7(9)10)8(2)3/h5-6H,1-4H3,(H,9,10)/t5-,6+/m1/s1. The Kier molecular flexibility index (Phi) is 4.07. The first-order chi connectivity index (χ1) is 5.00. The zero-order valence-electron chi connectivity index (χ0n) is 7.37. The minimum atomic E-state index is -0.857. The monoisotopic (exact) mass is 161 g/mol. The van der Waals surface area contributed by atoms with Crippen LogP contribution in [0.5, 0.6) is 0 Å². The van der Waals surface area contributed by atoms with Crippen molar-refractivity contribution in [2.75, 3.05) is 21.2 Å². The molecule has 0 fully saturated rings. The number of carbonyl (C=O) groups is 1. The maximum Gasteiger partial charge on any atom is 0.323 e. The molecule has 4 heteroatoms. The molecule has 1 N–H and O–H groups in total. The van der Waals surface area contributed by atoms with Gasteiger partial charge in [-0.15, -0.1) is 0 Å². The SMILES string of the molecule is CO[C@H](C)[C@@H](C(=O)O)N(C)C. The lowest BCUT2D eigenvalue weighted by Crippen LogP contribution is -2.44. The van der Waals surface area contributed by atoms with E-state index in [1.807, 2.05) is 0 Å². The van der Waals surface area contributed by atoms with Crippen LogP contribution >= 0.6 is 0 Å². The number of rotatable bonds is 4. The number of nitrogens with zero attached hydrogens (tertiary/aromatic N) is 1. The van der Waals surface area contributed by atoms with Crippen LogP contribution in [0.25, 0.3) is 0 Å². The van der Waals surface area contributed by atoms with Crippen LogP contribution in [0.1, 0.15) is 6.92 Å². The molecule has 66 valence electrons. The van der Waals surface area contributed by atoms with Crippen molar-refractivity contribution in [2.24, 2.45) is 0 Å². The van der Waals surface area contributed by atoms with Crippen molar-refractivity contribution >= 4 is 5.97 Å². The number of carboxylic acid groups (broad SMARTS) is 1. The third-order valence-electron chi connectivity index (χ3n) is 1.63. The third kappa shape index (κ3) is 2.86. The molecule has 4 nitrogen and oxygen atoms in total. The van der Waals surface area contributed by atoms with Gasteiger partial charge in [0.15, 0.2) is 0 Å². The first-order valence-electron chi connectivity index (χ1n) is 3.42. The maximum atomic E-state index is 10.6. The average Bonchev–Trinajstić information content (AvgIpc) is 1.85. The highest BCUT2D eigenvalue weighted by molar-refractivity contribution is 5.74. The van der Waals surface area contributed by atoms with Crippen molar-refractivity contribution in [2.45, 2.75) is 19.1 Å². The second kappa shape index (κ2) is 4.31. The molecule has 0 unspecified atom stereocenters. The molecule has 0 aromatic heterocycles. The molecule has 0 rings (SSSR count). The minimum Gasteiger partial charge on any atom is -0.480 e. The Bertz CT molecular complexity index is 136. The van der Waals surface area contributed by atoms with E-state index in [9.17, 15) is 4.79 Å². The Morgan fingerprint density at radius 1 is 1.55 bits per heavy atom. The van der Waals surface area contributed by atoms with Crippen LogP contribution in [0.15, 0.2) is 0 Å². The molecule has 0 saturated heterocycles. The van der Waals surface area contributed by atoms with Gasteiger partial charge in [-0.1, -0.05) is 0 Å². The number of likely N-dealkylation sites (N-methyl/N-ethyl adjacent to an activating group) is 1. The highest BCUT2D eigenvalue weighted by Crippen LogP contribution is 2.03. The molecule has 0 aliphatic heterocycles. The Hall–Kier alpha value is -0.610. The van der Waals surface area contributed by atoms with Gasteiger partial charge in [0.2, 0.25) is 0 Å². The van der Waals surface area contributed by atoms with E-state index in [1.165, 1.54) is 7.11 Å². The predicted octanol–water partition coefficient (Wildman–Crippen LogP) is 0.0361. The summed E-state index contributed by atoms with van der Waals surface area (Å²) in [6.45, 7) is 1.73.